The highest BCUT2D eigenvalue weighted by Gasteiger charge is 2.21. The quantitative estimate of drug-likeness (QED) is 0.854. The van der Waals surface area contributed by atoms with Gasteiger partial charge >= 0.3 is 0 Å². The van der Waals surface area contributed by atoms with Crippen molar-refractivity contribution in [3.8, 4) is 11.5 Å². The van der Waals surface area contributed by atoms with E-state index in [1.807, 2.05) is 18.2 Å². The van der Waals surface area contributed by atoms with Crippen molar-refractivity contribution in [2.24, 2.45) is 0 Å². The molecule has 1 aliphatic rings. The third-order valence-electron chi connectivity index (χ3n) is 3.58. The topological polar surface area (TPSA) is 21.3 Å². The summed E-state index contributed by atoms with van der Waals surface area (Å²) in [7, 11) is 0. The van der Waals surface area contributed by atoms with Gasteiger partial charge in [-0.25, -0.2) is 4.39 Å². The fraction of sp³-hybridized carbons (Fsp3) is 0.294. The Morgan fingerprint density at radius 3 is 2.81 bits per heavy atom. The molecule has 0 amide bonds. The van der Waals surface area contributed by atoms with Crippen LogP contribution in [0.15, 0.2) is 36.4 Å². The Morgan fingerprint density at radius 1 is 1.29 bits per heavy atom. The summed E-state index contributed by atoms with van der Waals surface area (Å²) in [6.45, 7) is 2.40. The van der Waals surface area contributed by atoms with Crippen molar-refractivity contribution in [1.29, 1.82) is 0 Å². The molecule has 1 aliphatic carbocycles. The Labute approximate surface area is 128 Å². The Balaban J connectivity index is 1.82. The SMILES string of the molecule is Cc1cc(Oc2cccc(Cl)c2CNC2CC2)ccc1F. The van der Waals surface area contributed by atoms with Crippen LogP contribution >= 0.6 is 11.6 Å². The fourth-order valence-electron chi connectivity index (χ4n) is 2.15. The molecule has 0 aromatic heterocycles. The molecule has 21 heavy (non-hydrogen) atoms. The summed E-state index contributed by atoms with van der Waals surface area (Å²) in [6.07, 6.45) is 2.44. The number of hydrogen-bond donors (Lipinski definition) is 1. The fourth-order valence-corrected chi connectivity index (χ4v) is 2.38. The van der Waals surface area contributed by atoms with Gasteiger partial charge < -0.3 is 10.1 Å². The molecule has 1 saturated carbocycles. The van der Waals surface area contributed by atoms with Crippen molar-refractivity contribution in [2.45, 2.75) is 32.4 Å². The first-order valence-electron chi connectivity index (χ1n) is 7.08. The van der Waals surface area contributed by atoms with Gasteiger partial charge in [0, 0.05) is 23.2 Å². The van der Waals surface area contributed by atoms with Gasteiger partial charge in [0.2, 0.25) is 0 Å². The smallest absolute Gasteiger partial charge is 0.133 e. The lowest BCUT2D eigenvalue weighted by Crippen LogP contribution is -2.16. The molecule has 0 bridgehead atoms. The first kappa shape index (κ1) is 14.4. The van der Waals surface area contributed by atoms with Gasteiger partial charge in [0.25, 0.3) is 0 Å². The van der Waals surface area contributed by atoms with Crippen LogP contribution in [0.1, 0.15) is 24.0 Å². The number of benzene rings is 2. The zero-order valence-corrected chi connectivity index (χ0v) is 12.6. The number of rotatable bonds is 5. The van der Waals surface area contributed by atoms with E-state index in [9.17, 15) is 4.39 Å². The van der Waals surface area contributed by atoms with Gasteiger partial charge in [0.15, 0.2) is 0 Å². The highest BCUT2D eigenvalue weighted by molar-refractivity contribution is 6.31. The molecule has 4 heteroatoms. The molecule has 2 aromatic rings. The maximum atomic E-state index is 13.3. The van der Waals surface area contributed by atoms with Gasteiger partial charge in [-0.1, -0.05) is 17.7 Å². The first-order chi connectivity index (χ1) is 10.1. The molecular weight excluding hydrogens is 289 g/mol. The van der Waals surface area contributed by atoms with Crippen molar-refractivity contribution < 1.29 is 9.13 Å². The molecule has 0 heterocycles. The van der Waals surface area contributed by atoms with Crippen LogP contribution in [0.25, 0.3) is 0 Å². The Bertz CT molecular complexity index is 655. The highest BCUT2D eigenvalue weighted by Crippen LogP contribution is 2.32. The van der Waals surface area contributed by atoms with E-state index in [0.717, 1.165) is 5.56 Å². The number of nitrogens with one attached hydrogen (secondary N) is 1. The minimum atomic E-state index is -0.232. The van der Waals surface area contributed by atoms with E-state index in [0.29, 0.717) is 34.7 Å². The molecule has 0 aliphatic heterocycles. The molecular formula is C17H17ClFNO. The lowest BCUT2D eigenvalue weighted by atomic mass is 10.2. The summed E-state index contributed by atoms with van der Waals surface area (Å²) in [5.41, 5.74) is 1.50. The number of hydrogen-bond acceptors (Lipinski definition) is 2. The largest absolute Gasteiger partial charge is 0.457 e. The maximum absolute atomic E-state index is 13.3. The van der Waals surface area contributed by atoms with Crippen LogP contribution in [0.2, 0.25) is 5.02 Å². The summed E-state index contributed by atoms with van der Waals surface area (Å²) in [5.74, 6) is 1.09. The van der Waals surface area contributed by atoms with Crippen molar-refractivity contribution >= 4 is 11.6 Å². The molecule has 1 N–H and O–H groups in total. The van der Waals surface area contributed by atoms with Gasteiger partial charge in [-0.2, -0.15) is 0 Å². The normalized spacial score (nSPS) is 14.2. The average molecular weight is 306 g/mol. The molecule has 0 saturated heterocycles. The van der Waals surface area contributed by atoms with E-state index in [1.165, 1.54) is 18.9 Å². The molecule has 0 spiro atoms. The van der Waals surface area contributed by atoms with Crippen LogP contribution in [0, 0.1) is 12.7 Å². The van der Waals surface area contributed by atoms with Crippen LogP contribution in [-0.4, -0.2) is 6.04 Å². The second kappa shape index (κ2) is 6.04. The minimum absolute atomic E-state index is 0.232. The molecule has 0 unspecified atom stereocenters. The van der Waals surface area contributed by atoms with Gasteiger partial charge in [0.05, 0.1) is 0 Å². The van der Waals surface area contributed by atoms with Crippen LogP contribution in [-0.2, 0) is 6.54 Å². The Morgan fingerprint density at radius 2 is 2.10 bits per heavy atom. The number of halogens is 2. The third kappa shape index (κ3) is 3.55. The molecule has 1 fully saturated rings. The lowest BCUT2D eigenvalue weighted by Gasteiger charge is -2.14. The Kier molecular flexibility index (Phi) is 4.13. The van der Waals surface area contributed by atoms with E-state index in [-0.39, 0.29) is 5.82 Å². The number of aryl methyl sites for hydroxylation is 1. The average Bonchev–Trinajstić information content (AvgIpc) is 3.26. The monoisotopic (exact) mass is 305 g/mol. The van der Waals surface area contributed by atoms with Gasteiger partial charge in [0.1, 0.15) is 17.3 Å². The van der Waals surface area contributed by atoms with E-state index in [4.69, 9.17) is 16.3 Å². The molecule has 0 radical (unpaired) electrons. The highest BCUT2D eigenvalue weighted by atomic mass is 35.5. The van der Waals surface area contributed by atoms with Crippen LogP contribution in [0.4, 0.5) is 4.39 Å². The predicted octanol–water partition coefficient (Wildman–Crippen LogP) is 4.83. The van der Waals surface area contributed by atoms with Crippen LogP contribution in [0.3, 0.4) is 0 Å². The van der Waals surface area contributed by atoms with Gasteiger partial charge in [-0.05, 0) is 55.7 Å². The maximum Gasteiger partial charge on any atom is 0.133 e. The number of ether oxygens (including phenoxy) is 1. The van der Waals surface area contributed by atoms with Crippen molar-refractivity contribution in [3.05, 3.63) is 58.4 Å². The summed E-state index contributed by atoms with van der Waals surface area (Å²) >= 11 is 6.28. The second-order valence-electron chi connectivity index (χ2n) is 5.38. The molecule has 2 nitrogen and oxygen atoms in total. The summed E-state index contributed by atoms with van der Waals surface area (Å²) in [5, 5.41) is 4.12. The molecule has 0 atom stereocenters. The van der Waals surface area contributed by atoms with Gasteiger partial charge in [-0.3, -0.25) is 0 Å². The summed E-state index contributed by atoms with van der Waals surface area (Å²) in [4.78, 5) is 0. The molecule has 3 rings (SSSR count). The molecule has 110 valence electrons. The van der Waals surface area contributed by atoms with Crippen molar-refractivity contribution in [1.82, 2.24) is 5.32 Å². The third-order valence-corrected chi connectivity index (χ3v) is 3.93. The zero-order valence-electron chi connectivity index (χ0n) is 11.8. The zero-order chi connectivity index (χ0) is 14.8. The summed E-state index contributed by atoms with van der Waals surface area (Å²) in [6, 6.07) is 10.9. The second-order valence-corrected chi connectivity index (χ2v) is 5.79. The summed E-state index contributed by atoms with van der Waals surface area (Å²) < 4.78 is 19.2. The van der Waals surface area contributed by atoms with E-state index in [1.54, 1.807) is 19.1 Å². The first-order valence-corrected chi connectivity index (χ1v) is 7.46. The van der Waals surface area contributed by atoms with E-state index < -0.39 is 0 Å². The minimum Gasteiger partial charge on any atom is -0.457 e. The molecule has 2 aromatic carbocycles. The lowest BCUT2D eigenvalue weighted by molar-refractivity contribution is 0.470. The van der Waals surface area contributed by atoms with Crippen LogP contribution < -0.4 is 10.1 Å². The standard InChI is InChI=1S/C17H17ClFNO/c1-11-9-13(7-8-16(11)19)21-17-4-2-3-15(18)14(17)10-20-12-5-6-12/h2-4,7-9,12,20H,5-6,10H2,1H3. The Hall–Kier alpha value is -1.58. The van der Waals surface area contributed by atoms with Crippen LogP contribution in [0.5, 0.6) is 11.5 Å². The predicted molar refractivity (Wildman–Crippen MR) is 82.5 cm³/mol. The van der Waals surface area contributed by atoms with E-state index in [2.05, 4.69) is 5.32 Å². The van der Waals surface area contributed by atoms with E-state index >= 15 is 0 Å². The van der Waals surface area contributed by atoms with Gasteiger partial charge in [-0.15, -0.1) is 0 Å². The van der Waals surface area contributed by atoms with Crippen molar-refractivity contribution in [2.75, 3.05) is 0 Å². The van der Waals surface area contributed by atoms with Crippen molar-refractivity contribution in [3.63, 3.8) is 0 Å².